The molecule has 0 aromatic carbocycles. The molecule has 15 heavy (non-hydrogen) atoms. The molecule has 0 radical (unpaired) electrons. The van der Waals surface area contributed by atoms with Gasteiger partial charge in [0.15, 0.2) is 0 Å². The second kappa shape index (κ2) is 6.62. The zero-order valence-electron chi connectivity index (χ0n) is 10.2. The molecule has 1 atom stereocenters. The number of hydrogen-bond acceptors (Lipinski definition) is 2. The standard InChI is InChI=1S/C12H23N3/c1-4-6-7-11(13-5-2)10-12-14-8-9-15(12)3/h8-9,11,13H,4-7,10H2,1-3H3. The number of aryl methyl sites for hydroxylation is 1. The molecule has 0 fully saturated rings. The van der Waals surface area contributed by atoms with Gasteiger partial charge in [-0.2, -0.15) is 0 Å². The monoisotopic (exact) mass is 209 g/mol. The van der Waals surface area contributed by atoms with Gasteiger partial charge in [-0.25, -0.2) is 4.98 Å². The van der Waals surface area contributed by atoms with E-state index in [0.29, 0.717) is 6.04 Å². The van der Waals surface area contributed by atoms with Crippen molar-refractivity contribution in [3.63, 3.8) is 0 Å². The minimum atomic E-state index is 0.580. The van der Waals surface area contributed by atoms with Gasteiger partial charge in [0.25, 0.3) is 0 Å². The second-order valence-corrected chi connectivity index (χ2v) is 4.06. The van der Waals surface area contributed by atoms with E-state index >= 15 is 0 Å². The summed E-state index contributed by atoms with van der Waals surface area (Å²) in [6.45, 7) is 5.44. The van der Waals surface area contributed by atoms with Gasteiger partial charge in [0.2, 0.25) is 0 Å². The Morgan fingerprint density at radius 2 is 2.27 bits per heavy atom. The highest BCUT2D eigenvalue weighted by atomic mass is 15.0. The van der Waals surface area contributed by atoms with E-state index in [1.807, 2.05) is 12.4 Å². The van der Waals surface area contributed by atoms with Gasteiger partial charge in [-0.1, -0.05) is 26.7 Å². The van der Waals surface area contributed by atoms with Gasteiger partial charge in [0.05, 0.1) is 0 Å². The summed E-state index contributed by atoms with van der Waals surface area (Å²) in [7, 11) is 2.06. The fourth-order valence-corrected chi connectivity index (χ4v) is 1.83. The summed E-state index contributed by atoms with van der Waals surface area (Å²) in [5.74, 6) is 1.18. The Morgan fingerprint density at radius 1 is 1.47 bits per heavy atom. The molecule has 1 aromatic rings. The predicted octanol–water partition coefficient (Wildman–Crippen LogP) is 2.13. The number of imidazole rings is 1. The summed E-state index contributed by atoms with van der Waals surface area (Å²) < 4.78 is 2.11. The van der Waals surface area contributed by atoms with Crippen LogP contribution in [0.4, 0.5) is 0 Å². The first-order valence-electron chi connectivity index (χ1n) is 5.97. The minimum Gasteiger partial charge on any atom is -0.338 e. The van der Waals surface area contributed by atoms with Crippen LogP contribution in [0, 0.1) is 0 Å². The summed E-state index contributed by atoms with van der Waals surface area (Å²) in [4.78, 5) is 4.37. The first-order valence-corrected chi connectivity index (χ1v) is 5.97. The molecule has 1 N–H and O–H groups in total. The van der Waals surface area contributed by atoms with E-state index in [1.165, 1.54) is 25.1 Å². The summed E-state index contributed by atoms with van der Waals surface area (Å²) in [5, 5.41) is 3.53. The lowest BCUT2D eigenvalue weighted by molar-refractivity contribution is 0.461. The van der Waals surface area contributed by atoms with E-state index < -0.39 is 0 Å². The van der Waals surface area contributed by atoms with E-state index in [0.717, 1.165) is 13.0 Å². The molecule has 0 amide bonds. The van der Waals surface area contributed by atoms with Gasteiger partial charge in [0.1, 0.15) is 5.82 Å². The van der Waals surface area contributed by atoms with Crippen LogP contribution in [-0.2, 0) is 13.5 Å². The number of unbranched alkanes of at least 4 members (excludes halogenated alkanes) is 1. The smallest absolute Gasteiger partial charge is 0.109 e. The van der Waals surface area contributed by atoms with Crippen molar-refractivity contribution < 1.29 is 0 Å². The van der Waals surface area contributed by atoms with Gasteiger partial charge in [-0.3, -0.25) is 0 Å². The lowest BCUT2D eigenvalue weighted by atomic mass is 10.1. The van der Waals surface area contributed by atoms with Crippen molar-refractivity contribution >= 4 is 0 Å². The molecule has 86 valence electrons. The van der Waals surface area contributed by atoms with Crippen LogP contribution in [-0.4, -0.2) is 22.1 Å². The normalized spacial score (nSPS) is 13.0. The quantitative estimate of drug-likeness (QED) is 0.745. The highest BCUT2D eigenvalue weighted by Crippen LogP contribution is 2.07. The fourth-order valence-electron chi connectivity index (χ4n) is 1.83. The number of nitrogens with zero attached hydrogens (tertiary/aromatic N) is 2. The van der Waals surface area contributed by atoms with Crippen LogP contribution in [0.3, 0.4) is 0 Å². The number of rotatable bonds is 7. The first kappa shape index (κ1) is 12.2. The number of hydrogen-bond donors (Lipinski definition) is 1. The van der Waals surface area contributed by atoms with Crippen molar-refractivity contribution in [2.75, 3.05) is 6.54 Å². The molecule has 0 bridgehead atoms. The summed E-state index contributed by atoms with van der Waals surface area (Å²) >= 11 is 0. The van der Waals surface area contributed by atoms with Gasteiger partial charge in [0, 0.05) is 31.9 Å². The van der Waals surface area contributed by atoms with E-state index in [9.17, 15) is 0 Å². The van der Waals surface area contributed by atoms with Crippen molar-refractivity contribution in [1.82, 2.24) is 14.9 Å². The summed E-state index contributed by atoms with van der Waals surface area (Å²) in [6.07, 6.45) is 8.73. The predicted molar refractivity (Wildman–Crippen MR) is 63.9 cm³/mol. The molecule has 1 unspecified atom stereocenters. The molecule has 0 aliphatic rings. The zero-order valence-corrected chi connectivity index (χ0v) is 10.2. The minimum absolute atomic E-state index is 0.580. The van der Waals surface area contributed by atoms with Gasteiger partial charge >= 0.3 is 0 Å². The molecule has 3 heteroatoms. The molecule has 3 nitrogen and oxygen atoms in total. The topological polar surface area (TPSA) is 29.9 Å². The molecule has 0 aliphatic carbocycles. The number of likely N-dealkylation sites (N-methyl/N-ethyl adjacent to an activating group) is 1. The third-order valence-corrected chi connectivity index (χ3v) is 2.75. The number of aromatic nitrogens is 2. The van der Waals surface area contributed by atoms with Crippen molar-refractivity contribution in [2.24, 2.45) is 7.05 Å². The summed E-state index contributed by atoms with van der Waals surface area (Å²) in [5.41, 5.74) is 0. The average molecular weight is 209 g/mol. The molecular weight excluding hydrogens is 186 g/mol. The Morgan fingerprint density at radius 3 is 2.80 bits per heavy atom. The largest absolute Gasteiger partial charge is 0.338 e. The Hall–Kier alpha value is -0.830. The van der Waals surface area contributed by atoms with Gasteiger partial charge in [-0.05, 0) is 13.0 Å². The van der Waals surface area contributed by atoms with Crippen LogP contribution in [0.2, 0.25) is 0 Å². The lowest BCUT2D eigenvalue weighted by Gasteiger charge is -2.17. The maximum absolute atomic E-state index is 4.37. The van der Waals surface area contributed by atoms with Crippen LogP contribution in [0.25, 0.3) is 0 Å². The Balaban J connectivity index is 2.46. The van der Waals surface area contributed by atoms with Gasteiger partial charge in [-0.15, -0.1) is 0 Å². The fraction of sp³-hybridized carbons (Fsp3) is 0.750. The highest BCUT2D eigenvalue weighted by molar-refractivity contribution is 4.94. The molecule has 0 aliphatic heterocycles. The molecule has 1 heterocycles. The van der Waals surface area contributed by atoms with Crippen molar-refractivity contribution in [2.45, 2.75) is 45.6 Å². The Kier molecular flexibility index (Phi) is 5.40. The molecule has 1 rings (SSSR count). The van der Waals surface area contributed by atoms with Crippen LogP contribution < -0.4 is 5.32 Å². The Bertz CT molecular complexity index is 268. The van der Waals surface area contributed by atoms with E-state index in [-0.39, 0.29) is 0 Å². The van der Waals surface area contributed by atoms with Crippen LogP contribution in [0.5, 0.6) is 0 Å². The van der Waals surface area contributed by atoms with Crippen molar-refractivity contribution in [3.8, 4) is 0 Å². The van der Waals surface area contributed by atoms with Gasteiger partial charge < -0.3 is 9.88 Å². The maximum atomic E-state index is 4.37. The second-order valence-electron chi connectivity index (χ2n) is 4.06. The maximum Gasteiger partial charge on any atom is 0.109 e. The first-order chi connectivity index (χ1) is 7.27. The zero-order chi connectivity index (χ0) is 11.1. The third-order valence-electron chi connectivity index (χ3n) is 2.75. The average Bonchev–Trinajstić information content (AvgIpc) is 2.61. The van der Waals surface area contributed by atoms with Crippen molar-refractivity contribution in [1.29, 1.82) is 0 Å². The molecule has 0 spiro atoms. The van der Waals surface area contributed by atoms with Crippen LogP contribution in [0.15, 0.2) is 12.4 Å². The summed E-state index contributed by atoms with van der Waals surface area (Å²) in [6, 6.07) is 0.580. The molecule has 0 saturated heterocycles. The molecule has 1 aromatic heterocycles. The molecule has 0 saturated carbocycles. The van der Waals surface area contributed by atoms with E-state index in [2.05, 4.69) is 35.8 Å². The third kappa shape index (κ3) is 4.04. The molecular formula is C12H23N3. The lowest BCUT2D eigenvalue weighted by Crippen LogP contribution is -2.31. The SMILES string of the molecule is CCCCC(Cc1nccn1C)NCC. The van der Waals surface area contributed by atoms with Crippen LogP contribution in [0.1, 0.15) is 38.9 Å². The van der Waals surface area contributed by atoms with Crippen LogP contribution >= 0.6 is 0 Å². The van der Waals surface area contributed by atoms with Crippen molar-refractivity contribution in [3.05, 3.63) is 18.2 Å². The Labute approximate surface area is 92.9 Å². The highest BCUT2D eigenvalue weighted by Gasteiger charge is 2.10. The number of nitrogens with one attached hydrogen (secondary N) is 1. The van der Waals surface area contributed by atoms with E-state index in [4.69, 9.17) is 0 Å². The van der Waals surface area contributed by atoms with E-state index in [1.54, 1.807) is 0 Å².